The average Bonchev–Trinajstić information content (AvgIpc) is 2.43. The van der Waals surface area contributed by atoms with Crippen LogP contribution in [0.5, 0.6) is 0 Å². The van der Waals surface area contributed by atoms with Crippen molar-refractivity contribution in [3.63, 3.8) is 0 Å². The number of hydrogen-bond acceptors (Lipinski definition) is 6. The third-order valence-corrected chi connectivity index (χ3v) is 3.45. The van der Waals surface area contributed by atoms with Gasteiger partial charge in [-0.1, -0.05) is 50.0 Å². The molecule has 8 heteroatoms. The minimum absolute atomic E-state index is 0. The first-order chi connectivity index (χ1) is 9.80. The van der Waals surface area contributed by atoms with E-state index in [0.29, 0.717) is 18.6 Å². The number of ether oxygens (including phenoxy) is 1. The summed E-state index contributed by atoms with van der Waals surface area (Å²) < 4.78 is 39.7. The van der Waals surface area contributed by atoms with Crippen LogP contribution in [0, 0.1) is 0 Å². The lowest BCUT2D eigenvalue weighted by Crippen LogP contribution is -2.05. The third kappa shape index (κ3) is 19.0. The van der Waals surface area contributed by atoms with Gasteiger partial charge in [0.05, 0.1) is 12.4 Å². The molecule has 0 aliphatic heterocycles. The summed E-state index contributed by atoms with van der Waals surface area (Å²) in [6.45, 7) is 9.32. The van der Waals surface area contributed by atoms with Crippen LogP contribution in [-0.4, -0.2) is 26.7 Å². The van der Waals surface area contributed by atoms with Crippen molar-refractivity contribution in [2.75, 3.05) is 12.4 Å². The largest absolute Gasteiger partial charge is 0.463 e. The van der Waals surface area contributed by atoms with Gasteiger partial charge in [0.1, 0.15) is 0 Å². The summed E-state index contributed by atoms with van der Waals surface area (Å²) >= 11 is 0. The Kier molecular flexibility index (Phi) is 19.3. The van der Waals surface area contributed by atoms with Crippen molar-refractivity contribution in [3.8, 4) is 0 Å². The molecule has 6 nitrogen and oxygen atoms in total. The van der Waals surface area contributed by atoms with Crippen molar-refractivity contribution < 1.29 is 26.9 Å². The van der Waals surface area contributed by atoms with Gasteiger partial charge in [-0.3, -0.25) is 0 Å². The normalized spacial score (nSPS) is 10.0. The third-order valence-electron chi connectivity index (χ3n) is 2.47. The van der Waals surface area contributed by atoms with Crippen LogP contribution < -0.4 is 6.15 Å². The standard InChI is InChI=1S/C8H17FO3S.C6H10O2.H3N/c1-2-3-4-5-6-7-8-13(10,11)12-9;1-4-8-6(7)5(2)3;/h2-8H2,1H3;2,4H2,1,3H3;1H3. The number of carbonyl (C=O) groups excluding carboxylic acids is 1. The average molecular weight is 343 g/mol. The number of hydrogen-bond donors (Lipinski definition) is 1. The van der Waals surface area contributed by atoms with Crippen LogP contribution >= 0.6 is 0 Å². The first-order valence-corrected chi connectivity index (χ1v) is 8.74. The summed E-state index contributed by atoms with van der Waals surface area (Å²) in [5.74, 6) is -0.525. The van der Waals surface area contributed by atoms with Crippen LogP contribution in [0.2, 0.25) is 0 Å². The molecular formula is C14H30FNO5S. The SMILES string of the molecule is C=C(C)C(=O)OCC.CCCCCCCCS(=O)(=O)OF.N. The summed E-state index contributed by atoms with van der Waals surface area (Å²) in [4.78, 5) is 10.4. The Balaban J connectivity index is -0.000000348. The van der Waals surface area contributed by atoms with E-state index in [1.807, 2.05) is 0 Å². The predicted molar refractivity (Wildman–Crippen MR) is 85.8 cm³/mol. The van der Waals surface area contributed by atoms with E-state index in [9.17, 15) is 17.7 Å². The second-order valence-electron chi connectivity index (χ2n) is 4.59. The zero-order valence-corrected chi connectivity index (χ0v) is 14.7. The highest BCUT2D eigenvalue weighted by atomic mass is 32.2. The minimum atomic E-state index is -3.88. The summed E-state index contributed by atoms with van der Waals surface area (Å²) in [6.07, 6.45) is 5.76. The lowest BCUT2D eigenvalue weighted by molar-refractivity contribution is -0.138. The van der Waals surface area contributed by atoms with Gasteiger partial charge in [-0.15, -0.1) is 0 Å². The molecule has 0 rings (SSSR count). The Morgan fingerprint density at radius 1 is 1.09 bits per heavy atom. The molecule has 0 unspecified atom stereocenters. The van der Waals surface area contributed by atoms with E-state index >= 15 is 0 Å². The molecule has 0 aliphatic rings. The highest BCUT2D eigenvalue weighted by Crippen LogP contribution is 2.07. The fourth-order valence-electron chi connectivity index (χ4n) is 1.34. The van der Waals surface area contributed by atoms with E-state index in [1.54, 1.807) is 13.8 Å². The van der Waals surface area contributed by atoms with Gasteiger partial charge in [0.25, 0.3) is 10.1 Å². The van der Waals surface area contributed by atoms with Gasteiger partial charge >= 0.3 is 5.97 Å². The lowest BCUT2D eigenvalue weighted by Gasteiger charge is -1.99. The Morgan fingerprint density at radius 2 is 1.59 bits per heavy atom. The van der Waals surface area contributed by atoms with Crippen LogP contribution in [0.3, 0.4) is 0 Å². The molecule has 3 N–H and O–H groups in total. The van der Waals surface area contributed by atoms with E-state index in [4.69, 9.17) is 0 Å². The highest BCUT2D eigenvalue weighted by molar-refractivity contribution is 7.86. The second kappa shape index (κ2) is 16.4. The van der Waals surface area contributed by atoms with Gasteiger partial charge in [-0.25, -0.2) is 4.79 Å². The maximum absolute atomic E-state index is 11.3. The van der Waals surface area contributed by atoms with Crippen molar-refractivity contribution in [2.24, 2.45) is 0 Å². The van der Waals surface area contributed by atoms with Crippen molar-refractivity contribution in [3.05, 3.63) is 12.2 Å². The van der Waals surface area contributed by atoms with Crippen LogP contribution in [0.25, 0.3) is 0 Å². The van der Waals surface area contributed by atoms with Crippen LogP contribution in [0.15, 0.2) is 12.2 Å². The fourth-order valence-corrected chi connectivity index (χ4v) is 1.97. The lowest BCUT2D eigenvalue weighted by atomic mass is 10.1. The van der Waals surface area contributed by atoms with Crippen molar-refractivity contribution in [1.29, 1.82) is 0 Å². The number of esters is 1. The van der Waals surface area contributed by atoms with Gasteiger partial charge < -0.3 is 10.9 Å². The first kappa shape index (κ1) is 25.9. The van der Waals surface area contributed by atoms with Gasteiger partial charge in [0.2, 0.25) is 0 Å². The first-order valence-electron chi connectivity index (χ1n) is 7.16. The molecule has 134 valence electrons. The topological polar surface area (TPSA) is 105 Å². The number of unbranched alkanes of at least 4 members (excludes halogenated alkanes) is 5. The molecule has 0 heterocycles. The van der Waals surface area contributed by atoms with Crippen LogP contribution in [0.4, 0.5) is 4.53 Å². The summed E-state index contributed by atoms with van der Waals surface area (Å²) in [7, 11) is -3.88. The number of carbonyl (C=O) groups is 1. The van der Waals surface area contributed by atoms with E-state index in [1.165, 1.54) is 6.42 Å². The zero-order valence-electron chi connectivity index (χ0n) is 13.9. The summed E-state index contributed by atoms with van der Waals surface area (Å²) in [6, 6.07) is 0. The van der Waals surface area contributed by atoms with Crippen LogP contribution in [0.1, 0.15) is 59.3 Å². The molecule has 0 aromatic heterocycles. The molecular weight excluding hydrogens is 313 g/mol. The predicted octanol–water partition coefficient (Wildman–Crippen LogP) is 3.87. The molecule has 0 bridgehead atoms. The van der Waals surface area contributed by atoms with E-state index in [2.05, 4.69) is 22.6 Å². The molecule has 22 heavy (non-hydrogen) atoms. The zero-order chi connectivity index (χ0) is 16.7. The van der Waals surface area contributed by atoms with Crippen LogP contribution in [-0.2, 0) is 24.0 Å². The monoisotopic (exact) mass is 343 g/mol. The van der Waals surface area contributed by atoms with Gasteiger partial charge in [0, 0.05) is 5.57 Å². The summed E-state index contributed by atoms with van der Waals surface area (Å²) in [5.41, 5.74) is 0.451. The second-order valence-corrected chi connectivity index (χ2v) is 6.24. The van der Waals surface area contributed by atoms with E-state index < -0.39 is 10.1 Å². The maximum Gasteiger partial charge on any atom is 0.333 e. The maximum atomic E-state index is 11.3. The Hall–Kier alpha value is -0.990. The van der Waals surface area contributed by atoms with Crippen molar-refractivity contribution >= 4 is 16.1 Å². The van der Waals surface area contributed by atoms with E-state index in [-0.39, 0.29) is 17.9 Å². The Bertz CT molecular complexity index is 385. The summed E-state index contributed by atoms with van der Waals surface area (Å²) in [5, 5.41) is 0. The van der Waals surface area contributed by atoms with Crippen molar-refractivity contribution in [2.45, 2.75) is 59.3 Å². The number of rotatable bonds is 10. The van der Waals surface area contributed by atoms with Gasteiger partial charge in [-0.05, 0) is 24.8 Å². The highest BCUT2D eigenvalue weighted by Gasteiger charge is 2.09. The molecule has 0 spiro atoms. The quantitative estimate of drug-likeness (QED) is 0.367. The molecule has 0 atom stereocenters. The van der Waals surface area contributed by atoms with E-state index in [0.717, 1.165) is 25.7 Å². The molecule has 0 saturated heterocycles. The molecule has 0 aromatic rings. The molecule has 0 aromatic carbocycles. The fraction of sp³-hybridized carbons (Fsp3) is 0.786. The Morgan fingerprint density at radius 3 is 1.95 bits per heavy atom. The smallest absolute Gasteiger partial charge is 0.333 e. The van der Waals surface area contributed by atoms with Gasteiger partial charge in [0.15, 0.2) is 0 Å². The molecule has 0 aliphatic carbocycles. The molecule has 0 radical (unpaired) electrons. The Labute approximate surface area is 133 Å². The number of halogens is 1. The molecule has 0 fully saturated rings. The molecule has 0 saturated carbocycles. The molecule has 0 amide bonds. The minimum Gasteiger partial charge on any atom is -0.463 e. The van der Waals surface area contributed by atoms with Gasteiger partial charge in [-0.2, -0.15) is 8.42 Å². The van der Waals surface area contributed by atoms with Crippen molar-refractivity contribution in [1.82, 2.24) is 6.15 Å².